The minimum absolute atomic E-state index is 0.105. The Bertz CT molecular complexity index is 699. The monoisotopic (exact) mass is 393 g/mol. The molecule has 4 atom stereocenters. The summed E-state index contributed by atoms with van der Waals surface area (Å²) in [4.78, 5) is 15.6. The van der Waals surface area contributed by atoms with E-state index in [-0.39, 0.29) is 30.8 Å². The second-order valence-corrected chi connectivity index (χ2v) is 8.97. The number of esters is 1. The summed E-state index contributed by atoms with van der Waals surface area (Å²) in [6.45, 7) is 1.72. The quantitative estimate of drug-likeness (QED) is 0.795. The van der Waals surface area contributed by atoms with Gasteiger partial charge in [0.15, 0.2) is 5.60 Å². The van der Waals surface area contributed by atoms with Gasteiger partial charge in [-0.3, -0.25) is 0 Å². The van der Waals surface area contributed by atoms with Gasteiger partial charge in [0.2, 0.25) is 5.92 Å². The summed E-state index contributed by atoms with van der Waals surface area (Å²) in [6.07, 6.45) is 2.17. The molecule has 0 spiro atoms. The van der Waals surface area contributed by atoms with Gasteiger partial charge in [-0.05, 0) is 31.9 Å². The summed E-state index contributed by atoms with van der Waals surface area (Å²) in [5.41, 5.74) is -1.68. The molecule has 2 unspecified atom stereocenters. The van der Waals surface area contributed by atoms with Crippen molar-refractivity contribution in [3.05, 3.63) is 35.9 Å². The van der Waals surface area contributed by atoms with Gasteiger partial charge in [0, 0.05) is 43.7 Å². The number of piperidine rings is 1. The van der Waals surface area contributed by atoms with E-state index in [2.05, 4.69) is 11.9 Å². The van der Waals surface area contributed by atoms with Crippen molar-refractivity contribution in [2.45, 2.75) is 56.2 Å². The highest BCUT2D eigenvalue weighted by molar-refractivity contribution is 5.82. The Labute approximate surface area is 164 Å². The molecule has 3 aliphatic rings. The summed E-state index contributed by atoms with van der Waals surface area (Å²) in [5, 5.41) is 11.5. The first-order chi connectivity index (χ1) is 13.3. The highest BCUT2D eigenvalue weighted by Gasteiger charge is 2.55. The average Bonchev–Trinajstić information content (AvgIpc) is 3.02. The van der Waals surface area contributed by atoms with E-state index in [4.69, 9.17) is 4.74 Å². The molecule has 0 amide bonds. The number of benzene rings is 1. The number of hydrogen-bond acceptors (Lipinski definition) is 4. The number of aliphatic hydroxyl groups is 1. The number of rotatable bonds is 4. The maximum Gasteiger partial charge on any atom is 0.343 e. The van der Waals surface area contributed by atoms with Crippen LogP contribution in [0.4, 0.5) is 8.78 Å². The van der Waals surface area contributed by atoms with Crippen LogP contribution in [-0.2, 0) is 15.1 Å². The topological polar surface area (TPSA) is 49.8 Å². The maximum absolute atomic E-state index is 13.9. The Morgan fingerprint density at radius 3 is 2.39 bits per heavy atom. The van der Waals surface area contributed by atoms with Crippen LogP contribution in [0.5, 0.6) is 0 Å². The lowest BCUT2D eigenvalue weighted by molar-refractivity contribution is -0.192. The first kappa shape index (κ1) is 19.8. The summed E-state index contributed by atoms with van der Waals surface area (Å²) in [6, 6.07) is 8.47. The molecule has 4 nitrogen and oxygen atoms in total. The zero-order valence-electron chi connectivity index (χ0n) is 16.3. The molecule has 1 saturated heterocycles. The fourth-order valence-corrected chi connectivity index (χ4v) is 5.55. The van der Waals surface area contributed by atoms with Crippen molar-refractivity contribution < 1.29 is 23.4 Å². The van der Waals surface area contributed by atoms with Crippen molar-refractivity contribution in [1.82, 2.24) is 4.90 Å². The molecule has 0 aromatic heterocycles. The Hall–Kier alpha value is -1.53. The largest absolute Gasteiger partial charge is 0.459 e. The third-order valence-electron chi connectivity index (χ3n) is 6.93. The maximum atomic E-state index is 13.9. The van der Waals surface area contributed by atoms with Crippen LogP contribution in [-0.4, -0.2) is 48.1 Å². The molecular weight excluding hydrogens is 364 g/mol. The van der Waals surface area contributed by atoms with Crippen LogP contribution in [0.25, 0.3) is 0 Å². The van der Waals surface area contributed by atoms with Gasteiger partial charge in [0.05, 0.1) is 0 Å². The van der Waals surface area contributed by atoms with Gasteiger partial charge in [-0.15, -0.1) is 0 Å². The number of carbonyl (C=O) groups is 1. The van der Waals surface area contributed by atoms with Gasteiger partial charge < -0.3 is 14.7 Å². The molecule has 2 aliphatic carbocycles. The number of hydrogen-bond donors (Lipinski definition) is 1. The molecule has 3 fully saturated rings. The molecule has 1 aromatic carbocycles. The number of ether oxygens (including phenoxy) is 1. The molecule has 4 rings (SSSR count). The third kappa shape index (κ3) is 3.57. The van der Waals surface area contributed by atoms with Gasteiger partial charge in [0.25, 0.3) is 0 Å². The van der Waals surface area contributed by atoms with Crippen molar-refractivity contribution >= 4 is 5.97 Å². The molecule has 6 heteroatoms. The Kier molecular flexibility index (Phi) is 5.21. The number of alkyl halides is 2. The Morgan fingerprint density at radius 2 is 1.82 bits per heavy atom. The van der Waals surface area contributed by atoms with Crippen LogP contribution in [0.3, 0.4) is 0 Å². The lowest BCUT2D eigenvalue weighted by atomic mass is 9.75. The van der Waals surface area contributed by atoms with Crippen molar-refractivity contribution in [2.24, 2.45) is 17.8 Å². The molecular formula is C22H29F2NO3. The van der Waals surface area contributed by atoms with Gasteiger partial charge >= 0.3 is 5.97 Å². The fourth-order valence-electron chi connectivity index (χ4n) is 5.55. The fraction of sp³-hybridized carbons (Fsp3) is 0.682. The summed E-state index contributed by atoms with van der Waals surface area (Å²) < 4.78 is 33.8. The zero-order chi connectivity index (χ0) is 19.9. The molecule has 1 N–H and O–H groups in total. The van der Waals surface area contributed by atoms with Crippen molar-refractivity contribution in [3.8, 4) is 0 Å². The molecule has 1 aliphatic heterocycles. The summed E-state index contributed by atoms with van der Waals surface area (Å²) in [7, 11) is 2.07. The van der Waals surface area contributed by atoms with Crippen LogP contribution in [0.15, 0.2) is 30.3 Å². The Morgan fingerprint density at radius 1 is 1.18 bits per heavy atom. The van der Waals surface area contributed by atoms with Gasteiger partial charge in [-0.1, -0.05) is 36.8 Å². The standard InChI is InChI=1S/C22H29F2NO3/c1-25-13-15-6-5-7-16(14-25)19(15)28-20(26)22(27,17-8-3-2-4-9-17)18-10-11-21(23,24)12-18/h2-4,8-9,15-16,18-19,27H,5-7,10-14H2,1H3/t15?,16?,18-,19?,22+/m1/s1. The van der Waals surface area contributed by atoms with Crippen molar-refractivity contribution in [3.63, 3.8) is 0 Å². The number of likely N-dealkylation sites (tertiary alicyclic amines) is 1. The Balaban J connectivity index is 1.61. The van der Waals surface area contributed by atoms with E-state index < -0.39 is 29.8 Å². The van der Waals surface area contributed by atoms with E-state index >= 15 is 0 Å². The molecule has 2 bridgehead atoms. The third-order valence-corrected chi connectivity index (χ3v) is 6.93. The second-order valence-electron chi connectivity index (χ2n) is 8.97. The van der Waals surface area contributed by atoms with Crippen LogP contribution >= 0.6 is 0 Å². The number of halogens is 2. The molecule has 2 saturated carbocycles. The van der Waals surface area contributed by atoms with Crippen LogP contribution in [0.2, 0.25) is 0 Å². The van der Waals surface area contributed by atoms with Gasteiger partial charge in [0.1, 0.15) is 6.10 Å². The van der Waals surface area contributed by atoms with Crippen molar-refractivity contribution in [2.75, 3.05) is 20.1 Å². The lowest BCUT2D eigenvalue weighted by Gasteiger charge is -2.46. The lowest BCUT2D eigenvalue weighted by Crippen LogP contribution is -2.54. The van der Waals surface area contributed by atoms with E-state index in [1.807, 2.05) is 0 Å². The molecule has 0 radical (unpaired) electrons. The molecule has 28 heavy (non-hydrogen) atoms. The normalized spacial score (nSPS) is 34.6. The highest BCUT2D eigenvalue weighted by Crippen LogP contribution is 2.48. The minimum atomic E-state index is -2.85. The summed E-state index contributed by atoms with van der Waals surface area (Å²) in [5.74, 6) is -3.97. The highest BCUT2D eigenvalue weighted by atomic mass is 19.3. The van der Waals surface area contributed by atoms with E-state index in [1.165, 1.54) is 0 Å². The first-order valence-corrected chi connectivity index (χ1v) is 10.3. The molecule has 1 heterocycles. The number of fused-ring (bicyclic) bond motifs is 2. The zero-order valence-corrected chi connectivity index (χ0v) is 16.3. The molecule has 154 valence electrons. The SMILES string of the molecule is CN1CC2CCCC(C1)C2OC(=O)[C@](O)(c1ccccc1)[C@@H]1CCC(F)(F)C1. The van der Waals surface area contributed by atoms with Gasteiger partial charge in [-0.2, -0.15) is 0 Å². The molecule has 1 aromatic rings. The second kappa shape index (κ2) is 7.38. The van der Waals surface area contributed by atoms with E-state index in [9.17, 15) is 18.7 Å². The predicted octanol–water partition coefficient (Wildman–Crippen LogP) is 3.58. The van der Waals surface area contributed by atoms with Crippen molar-refractivity contribution in [1.29, 1.82) is 0 Å². The predicted molar refractivity (Wildman–Crippen MR) is 101 cm³/mol. The average molecular weight is 393 g/mol. The van der Waals surface area contributed by atoms with Gasteiger partial charge in [-0.25, -0.2) is 13.6 Å². The number of nitrogens with zero attached hydrogens (tertiary/aromatic N) is 1. The van der Waals surface area contributed by atoms with E-state index in [0.717, 1.165) is 32.4 Å². The first-order valence-electron chi connectivity index (χ1n) is 10.3. The van der Waals surface area contributed by atoms with Crippen LogP contribution in [0.1, 0.15) is 44.1 Å². The van der Waals surface area contributed by atoms with E-state index in [0.29, 0.717) is 5.56 Å². The van der Waals surface area contributed by atoms with E-state index in [1.54, 1.807) is 30.3 Å². The van der Waals surface area contributed by atoms with Crippen LogP contribution in [0, 0.1) is 17.8 Å². The minimum Gasteiger partial charge on any atom is -0.459 e. The smallest absolute Gasteiger partial charge is 0.343 e. The van der Waals surface area contributed by atoms with Crippen LogP contribution < -0.4 is 0 Å². The number of carbonyl (C=O) groups excluding carboxylic acids is 1. The summed E-state index contributed by atoms with van der Waals surface area (Å²) >= 11 is 0.